The van der Waals surface area contributed by atoms with Gasteiger partial charge in [0.25, 0.3) is 11.8 Å². The maximum Gasteiger partial charge on any atom is 0.273 e. The molecule has 0 atom stereocenters. The second-order valence-corrected chi connectivity index (χ2v) is 10.5. The van der Waals surface area contributed by atoms with Crippen LogP contribution in [-0.2, 0) is 10.3 Å². The minimum absolute atomic E-state index is 0.217. The number of morpholine rings is 1. The Kier molecular flexibility index (Phi) is 6.70. The van der Waals surface area contributed by atoms with Crippen LogP contribution in [0.15, 0.2) is 60.8 Å². The first kappa shape index (κ1) is 24.9. The fraction of sp³-hybridized carbons (Fsp3) is 0.296. The van der Waals surface area contributed by atoms with E-state index in [0.717, 1.165) is 24.2 Å². The summed E-state index contributed by atoms with van der Waals surface area (Å²) in [5, 5.41) is 9.52. The Labute approximate surface area is 218 Å². The van der Waals surface area contributed by atoms with Gasteiger partial charge in [-0.25, -0.2) is 9.40 Å². The number of nitrogens with zero attached hydrogens (tertiary/aromatic N) is 4. The molecule has 5 rings (SSSR count). The van der Waals surface area contributed by atoms with E-state index in [-0.39, 0.29) is 17.6 Å². The molecule has 10 heteroatoms. The highest BCUT2D eigenvalue weighted by Gasteiger charge is 2.26. The Morgan fingerprint density at radius 3 is 2.54 bits per heavy atom. The number of hydrogen-bond acceptors (Lipinski definition) is 6. The number of ether oxygens (including phenoxy) is 1. The van der Waals surface area contributed by atoms with Crippen LogP contribution in [-0.4, -0.2) is 55.1 Å². The molecule has 0 radical (unpaired) electrons. The lowest BCUT2D eigenvalue weighted by molar-refractivity contribution is 0.0915. The lowest BCUT2D eigenvalue weighted by Crippen LogP contribution is -2.40. The molecule has 0 spiro atoms. The van der Waals surface area contributed by atoms with Crippen molar-refractivity contribution >= 4 is 39.1 Å². The highest BCUT2D eigenvalue weighted by Crippen LogP contribution is 2.28. The second-order valence-electron chi connectivity index (χ2n) is 9.47. The minimum atomic E-state index is -0.776. The normalized spacial score (nSPS) is 14.1. The van der Waals surface area contributed by atoms with Crippen LogP contribution < -0.4 is 15.2 Å². The highest BCUT2D eigenvalue weighted by molar-refractivity contribution is 7.20. The van der Waals surface area contributed by atoms with E-state index in [2.05, 4.69) is 15.3 Å². The summed E-state index contributed by atoms with van der Waals surface area (Å²) in [6.45, 7) is 6.69. The number of amides is 2. The van der Waals surface area contributed by atoms with Gasteiger partial charge in [-0.2, -0.15) is 9.89 Å². The van der Waals surface area contributed by atoms with Crippen LogP contribution in [0.3, 0.4) is 0 Å². The van der Waals surface area contributed by atoms with Crippen molar-refractivity contribution in [2.24, 2.45) is 0 Å². The van der Waals surface area contributed by atoms with Crippen molar-refractivity contribution in [3.05, 3.63) is 82.6 Å². The van der Waals surface area contributed by atoms with Crippen molar-refractivity contribution in [2.75, 3.05) is 43.3 Å². The largest absolute Gasteiger partial charge is 0.378 e. The first-order valence-corrected chi connectivity index (χ1v) is 12.8. The van der Waals surface area contributed by atoms with Crippen molar-refractivity contribution in [1.29, 1.82) is 0 Å². The number of hydrogen-bond donors (Lipinski definition) is 1. The van der Waals surface area contributed by atoms with E-state index in [1.54, 1.807) is 31.4 Å². The topological polar surface area (TPSA) is 79.7 Å². The van der Waals surface area contributed by atoms with E-state index in [1.807, 2.05) is 38.1 Å². The van der Waals surface area contributed by atoms with Gasteiger partial charge >= 0.3 is 0 Å². The predicted octanol–water partition coefficient (Wildman–Crippen LogP) is 4.15. The number of carbonyl (C=O) groups is 2. The van der Waals surface area contributed by atoms with E-state index in [1.165, 1.54) is 33.3 Å². The Balaban J connectivity index is 1.32. The molecule has 0 aliphatic carbocycles. The SMILES string of the molecule is CN(C(=O)c1ccc(N2CCOCC2)cc1)n1ncc2cc(C(=O)NC(C)(C)c3cccc(F)c3)sc21. The molecule has 1 aliphatic heterocycles. The number of nitrogens with one attached hydrogen (secondary N) is 1. The third kappa shape index (κ3) is 5.07. The summed E-state index contributed by atoms with van der Waals surface area (Å²) in [6.07, 6.45) is 1.63. The van der Waals surface area contributed by atoms with Crippen LogP contribution >= 0.6 is 11.3 Å². The van der Waals surface area contributed by atoms with Gasteiger partial charge in [-0.05, 0) is 61.9 Å². The zero-order valence-electron chi connectivity index (χ0n) is 20.9. The van der Waals surface area contributed by atoms with Gasteiger partial charge in [0.1, 0.15) is 10.6 Å². The maximum absolute atomic E-state index is 13.7. The Morgan fingerprint density at radius 1 is 1.11 bits per heavy atom. The number of anilines is 1. The number of halogens is 1. The van der Waals surface area contributed by atoms with Crippen LogP contribution in [0.5, 0.6) is 0 Å². The van der Waals surface area contributed by atoms with Crippen molar-refractivity contribution < 1.29 is 18.7 Å². The van der Waals surface area contributed by atoms with E-state index < -0.39 is 5.54 Å². The summed E-state index contributed by atoms with van der Waals surface area (Å²) < 4.78 is 19.1. The number of rotatable bonds is 6. The standard InChI is InChI=1S/C27H28FN5O3S/c1-27(2,20-5-4-6-21(28)16-20)30-24(34)23-15-19-17-29-33(26(19)37-23)31(3)25(35)18-7-9-22(10-8-18)32-11-13-36-14-12-32/h4-10,15-17H,11-14H2,1-3H3,(H,30,34). The van der Waals surface area contributed by atoms with Crippen LogP contribution in [0, 0.1) is 5.82 Å². The van der Waals surface area contributed by atoms with Crippen LogP contribution in [0.2, 0.25) is 0 Å². The first-order chi connectivity index (χ1) is 17.7. The molecule has 1 fully saturated rings. The average Bonchev–Trinajstić information content (AvgIpc) is 3.50. The Morgan fingerprint density at radius 2 is 1.84 bits per heavy atom. The molecule has 37 heavy (non-hydrogen) atoms. The molecule has 0 bridgehead atoms. The molecular formula is C27H28FN5O3S. The van der Waals surface area contributed by atoms with Gasteiger partial charge in [0.15, 0.2) is 0 Å². The van der Waals surface area contributed by atoms with Crippen molar-refractivity contribution in [3.8, 4) is 0 Å². The van der Waals surface area contributed by atoms with Crippen LogP contribution in [0.4, 0.5) is 10.1 Å². The molecule has 4 aromatic rings. The number of carbonyl (C=O) groups excluding carboxylic acids is 2. The lowest BCUT2D eigenvalue weighted by atomic mass is 9.94. The Bertz CT molecular complexity index is 1440. The lowest BCUT2D eigenvalue weighted by Gasteiger charge is -2.29. The fourth-order valence-corrected chi connectivity index (χ4v) is 5.36. The molecule has 192 valence electrons. The molecule has 1 aliphatic rings. The minimum Gasteiger partial charge on any atom is -0.378 e. The number of fused-ring (bicyclic) bond motifs is 1. The second kappa shape index (κ2) is 9.95. The third-order valence-electron chi connectivity index (χ3n) is 6.49. The van der Waals surface area contributed by atoms with Gasteiger partial charge in [-0.1, -0.05) is 12.1 Å². The summed E-state index contributed by atoms with van der Waals surface area (Å²) in [6, 6.07) is 15.4. The number of aromatic nitrogens is 2. The van der Waals surface area contributed by atoms with Crippen molar-refractivity contribution in [2.45, 2.75) is 19.4 Å². The van der Waals surface area contributed by atoms with E-state index in [4.69, 9.17) is 4.74 Å². The fourth-order valence-electron chi connectivity index (χ4n) is 4.34. The maximum atomic E-state index is 13.7. The first-order valence-electron chi connectivity index (χ1n) is 12.0. The molecule has 1 N–H and O–H groups in total. The Hall–Kier alpha value is -3.76. The van der Waals surface area contributed by atoms with E-state index in [0.29, 0.717) is 34.0 Å². The van der Waals surface area contributed by atoms with E-state index in [9.17, 15) is 14.0 Å². The van der Waals surface area contributed by atoms with E-state index >= 15 is 0 Å². The molecule has 1 saturated heterocycles. The predicted molar refractivity (Wildman–Crippen MR) is 142 cm³/mol. The van der Waals surface area contributed by atoms with Gasteiger partial charge in [0.2, 0.25) is 0 Å². The molecule has 0 saturated carbocycles. The monoisotopic (exact) mass is 521 g/mol. The summed E-state index contributed by atoms with van der Waals surface area (Å²) in [4.78, 5) is 31.2. The third-order valence-corrected chi connectivity index (χ3v) is 7.61. The number of benzene rings is 2. The average molecular weight is 522 g/mol. The molecule has 8 nitrogen and oxygen atoms in total. The molecule has 0 unspecified atom stereocenters. The summed E-state index contributed by atoms with van der Waals surface area (Å²) in [5.41, 5.74) is 1.48. The molecule has 3 heterocycles. The van der Waals surface area contributed by atoms with Gasteiger partial charge in [-0.15, -0.1) is 11.3 Å². The van der Waals surface area contributed by atoms with Gasteiger partial charge in [-0.3, -0.25) is 9.59 Å². The summed E-state index contributed by atoms with van der Waals surface area (Å²) in [7, 11) is 1.65. The summed E-state index contributed by atoms with van der Waals surface area (Å²) in [5.74, 6) is -0.856. The van der Waals surface area contributed by atoms with Gasteiger partial charge < -0.3 is 15.0 Å². The quantitative estimate of drug-likeness (QED) is 0.413. The van der Waals surface area contributed by atoms with Crippen molar-refractivity contribution in [3.63, 3.8) is 0 Å². The van der Waals surface area contributed by atoms with Gasteiger partial charge in [0, 0.05) is 36.8 Å². The molecule has 2 aromatic carbocycles. The summed E-state index contributed by atoms with van der Waals surface area (Å²) >= 11 is 1.24. The molecular weight excluding hydrogens is 493 g/mol. The zero-order chi connectivity index (χ0) is 26.2. The highest BCUT2D eigenvalue weighted by atomic mass is 32.1. The zero-order valence-corrected chi connectivity index (χ0v) is 21.7. The number of thiophene rings is 1. The van der Waals surface area contributed by atoms with Gasteiger partial charge in [0.05, 0.1) is 29.8 Å². The molecule has 2 amide bonds. The van der Waals surface area contributed by atoms with Crippen LogP contribution in [0.1, 0.15) is 39.4 Å². The smallest absolute Gasteiger partial charge is 0.273 e. The van der Waals surface area contributed by atoms with Crippen molar-refractivity contribution in [1.82, 2.24) is 15.2 Å². The molecule has 2 aromatic heterocycles. The van der Waals surface area contributed by atoms with Crippen LogP contribution in [0.25, 0.3) is 10.2 Å².